The van der Waals surface area contributed by atoms with Gasteiger partial charge in [0.2, 0.25) is 5.69 Å². The Hall–Kier alpha value is -6.97. The number of nitrogens with zero attached hydrogens (tertiary/aromatic N) is 4. The number of nitriles is 2. The summed E-state index contributed by atoms with van der Waals surface area (Å²) in [6, 6.07) is 63.1. The van der Waals surface area contributed by atoms with Crippen molar-refractivity contribution in [3.8, 4) is 29.0 Å². The van der Waals surface area contributed by atoms with Crippen LogP contribution in [-0.4, -0.2) is 12.6 Å². The van der Waals surface area contributed by atoms with Gasteiger partial charge in [0.05, 0.1) is 40.9 Å². The van der Waals surface area contributed by atoms with Crippen LogP contribution in [0, 0.1) is 29.2 Å². The van der Waals surface area contributed by atoms with Crippen molar-refractivity contribution in [1.82, 2.24) is 4.57 Å². The molecule has 232 valence electrons. The fourth-order valence-corrected chi connectivity index (χ4v) is 12.3. The van der Waals surface area contributed by atoms with Gasteiger partial charge < -0.3 is 4.57 Å². The first-order valence-electron chi connectivity index (χ1n) is 16.3. The highest BCUT2D eigenvalue weighted by atomic mass is 28.3. The summed E-state index contributed by atoms with van der Waals surface area (Å²) < 4.78 is 2.13. The van der Waals surface area contributed by atoms with Gasteiger partial charge in [-0.05, 0) is 68.3 Å². The van der Waals surface area contributed by atoms with E-state index in [1.54, 1.807) is 6.07 Å². The smallest absolute Gasteiger partial charge is 0.207 e. The Morgan fingerprint density at radius 3 is 1.70 bits per heavy atom. The summed E-state index contributed by atoms with van der Waals surface area (Å²) in [4.78, 5) is 3.88. The number of hydrogen-bond donors (Lipinski definition) is 0. The SMILES string of the molecule is [C-]#[N+]c1cc(-n2c3ccccc3c3cc(C#N)ccc32)cc(-c2cccc([Si](c3ccccc3)(c3ccccc3)c3ccccc3)c2)c1C#N. The Morgan fingerprint density at radius 1 is 0.520 bits per heavy atom. The number of para-hydroxylation sites is 1. The molecule has 1 aromatic heterocycles. The number of rotatable bonds is 6. The molecular formula is C45H28N4Si. The van der Waals surface area contributed by atoms with Gasteiger partial charge in [0.15, 0.2) is 8.07 Å². The quantitative estimate of drug-likeness (QED) is 0.104. The van der Waals surface area contributed by atoms with E-state index in [1.165, 1.54) is 20.7 Å². The van der Waals surface area contributed by atoms with Gasteiger partial charge in [-0.3, -0.25) is 0 Å². The summed E-state index contributed by atoms with van der Waals surface area (Å²) in [5, 5.41) is 27.1. The molecule has 0 saturated heterocycles. The van der Waals surface area contributed by atoms with Crippen molar-refractivity contribution in [1.29, 1.82) is 10.5 Å². The predicted molar refractivity (Wildman–Crippen MR) is 206 cm³/mol. The Labute approximate surface area is 291 Å². The molecule has 5 heteroatoms. The standard InChI is InChI=1S/C45H28N4Si/c1-48-43-29-34(49-44-23-12-11-22-39(44)41-26-32(30-46)24-25-45(41)49)28-40(42(43)31-47)33-14-13-21-38(27-33)50(35-15-5-2-6-16-35,36-17-7-3-8-18-36)37-19-9-4-10-20-37/h2-29H. The molecule has 8 aromatic rings. The lowest BCUT2D eigenvalue weighted by molar-refractivity contribution is 1.18. The molecule has 7 aromatic carbocycles. The summed E-state index contributed by atoms with van der Waals surface area (Å²) in [5.74, 6) is 0. The second-order valence-corrected chi connectivity index (χ2v) is 16.0. The van der Waals surface area contributed by atoms with Crippen LogP contribution in [0.3, 0.4) is 0 Å². The second-order valence-electron chi connectivity index (χ2n) is 12.2. The minimum atomic E-state index is -2.84. The van der Waals surface area contributed by atoms with Crippen LogP contribution in [0.1, 0.15) is 11.1 Å². The fourth-order valence-electron chi connectivity index (χ4n) is 7.48. The zero-order valence-corrected chi connectivity index (χ0v) is 28.0. The van der Waals surface area contributed by atoms with Gasteiger partial charge in [-0.2, -0.15) is 10.5 Å². The molecular weight excluding hydrogens is 625 g/mol. The molecule has 0 aliphatic carbocycles. The van der Waals surface area contributed by atoms with Crippen LogP contribution in [0.4, 0.5) is 5.69 Å². The molecule has 0 aliphatic heterocycles. The van der Waals surface area contributed by atoms with Crippen molar-refractivity contribution in [2.75, 3.05) is 0 Å². The van der Waals surface area contributed by atoms with Crippen molar-refractivity contribution in [3.05, 3.63) is 192 Å². The highest BCUT2D eigenvalue weighted by molar-refractivity contribution is 7.19. The third-order valence-corrected chi connectivity index (χ3v) is 14.4. The molecule has 0 unspecified atom stereocenters. The van der Waals surface area contributed by atoms with Crippen molar-refractivity contribution >= 4 is 56.3 Å². The topological polar surface area (TPSA) is 56.9 Å². The summed E-state index contributed by atoms with van der Waals surface area (Å²) >= 11 is 0. The highest BCUT2D eigenvalue weighted by Gasteiger charge is 2.41. The lowest BCUT2D eigenvalue weighted by Crippen LogP contribution is -2.74. The number of fused-ring (bicyclic) bond motifs is 3. The van der Waals surface area contributed by atoms with E-state index in [0.29, 0.717) is 22.4 Å². The van der Waals surface area contributed by atoms with Crippen molar-refractivity contribution < 1.29 is 0 Å². The number of aromatic nitrogens is 1. The average Bonchev–Trinajstić information content (AvgIpc) is 3.52. The third kappa shape index (κ3) is 4.80. The van der Waals surface area contributed by atoms with Crippen molar-refractivity contribution in [2.45, 2.75) is 0 Å². The van der Waals surface area contributed by atoms with E-state index in [-0.39, 0.29) is 0 Å². The minimum absolute atomic E-state index is 0.294. The van der Waals surface area contributed by atoms with E-state index in [9.17, 15) is 10.5 Å². The van der Waals surface area contributed by atoms with Gasteiger partial charge in [-0.25, -0.2) is 4.85 Å². The van der Waals surface area contributed by atoms with Crippen LogP contribution in [-0.2, 0) is 0 Å². The molecule has 0 N–H and O–H groups in total. The maximum Gasteiger partial charge on any atom is 0.207 e. The molecule has 4 nitrogen and oxygen atoms in total. The molecule has 0 radical (unpaired) electrons. The zero-order valence-electron chi connectivity index (χ0n) is 27.0. The summed E-state index contributed by atoms with van der Waals surface area (Å²) in [6.07, 6.45) is 0. The van der Waals surface area contributed by atoms with Crippen molar-refractivity contribution in [2.24, 2.45) is 0 Å². The molecule has 0 amide bonds. The van der Waals surface area contributed by atoms with E-state index < -0.39 is 8.07 Å². The summed E-state index contributed by atoms with van der Waals surface area (Å²) in [7, 11) is -2.84. The van der Waals surface area contributed by atoms with E-state index in [0.717, 1.165) is 33.1 Å². The van der Waals surface area contributed by atoms with Gasteiger partial charge in [0.1, 0.15) is 0 Å². The Balaban J connectivity index is 1.42. The van der Waals surface area contributed by atoms with Crippen LogP contribution in [0.2, 0.25) is 0 Å². The maximum absolute atomic E-state index is 10.6. The third-order valence-electron chi connectivity index (χ3n) is 9.62. The monoisotopic (exact) mass is 652 g/mol. The first kappa shape index (κ1) is 30.4. The highest BCUT2D eigenvalue weighted by Crippen LogP contribution is 2.38. The van der Waals surface area contributed by atoms with Crippen LogP contribution in [0.15, 0.2) is 170 Å². The molecule has 50 heavy (non-hydrogen) atoms. The van der Waals surface area contributed by atoms with Crippen LogP contribution in [0.25, 0.3) is 43.5 Å². The van der Waals surface area contributed by atoms with E-state index in [1.807, 2.05) is 42.5 Å². The molecule has 0 atom stereocenters. The molecule has 1 heterocycles. The lowest BCUT2D eigenvalue weighted by atomic mass is 9.98. The minimum Gasteiger partial charge on any atom is -0.310 e. The lowest BCUT2D eigenvalue weighted by Gasteiger charge is -2.34. The fraction of sp³-hybridized carbons (Fsp3) is 0. The maximum atomic E-state index is 10.6. The normalized spacial score (nSPS) is 11.1. The second kappa shape index (κ2) is 12.6. The van der Waals surface area contributed by atoms with Gasteiger partial charge in [-0.15, -0.1) is 0 Å². The predicted octanol–water partition coefficient (Wildman–Crippen LogP) is 8.12. The number of hydrogen-bond acceptors (Lipinski definition) is 2. The Morgan fingerprint density at radius 2 is 1.10 bits per heavy atom. The van der Waals surface area contributed by atoms with E-state index in [2.05, 4.69) is 143 Å². The first-order chi connectivity index (χ1) is 24.7. The Kier molecular flexibility index (Phi) is 7.63. The number of benzene rings is 7. The summed E-state index contributed by atoms with van der Waals surface area (Å²) in [6.45, 7) is 8.16. The van der Waals surface area contributed by atoms with E-state index >= 15 is 0 Å². The van der Waals surface area contributed by atoms with Gasteiger partial charge >= 0.3 is 0 Å². The summed E-state index contributed by atoms with van der Waals surface area (Å²) in [5.41, 5.74) is 5.47. The molecule has 0 aliphatic rings. The average molecular weight is 653 g/mol. The van der Waals surface area contributed by atoms with Gasteiger partial charge in [0.25, 0.3) is 0 Å². The molecule has 0 spiro atoms. The molecule has 0 fully saturated rings. The first-order valence-corrected chi connectivity index (χ1v) is 18.3. The van der Waals surface area contributed by atoms with Crippen LogP contribution < -0.4 is 20.7 Å². The molecule has 0 saturated carbocycles. The molecule has 8 rings (SSSR count). The Bertz CT molecular complexity index is 2580. The largest absolute Gasteiger partial charge is 0.310 e. The van der Waals surface area contributed by atoms with Crippen LogP contribution >= 0.6 is 0 Å². The van der Waals surface area contributed by atoms with Crippen molar-refractivity contribution in [3.63, 3.8) is 0 Å². The molecule has 0 bridgehead atoms. The van der Waals surface area contributed by atoms with E-state index in [4.69, 9.17) is 6.57 Å². The van der Waals surface area contributed by atoms with Gasteiger partial charge in [-0.1, -0.05) is 133 Å². The zero-order chi connectivity index (χ0) is 34.1. The van der Waals surface area contributed by atoms with Crippen LogP contribution in [0.5, 0.6) is 0 Å². The van der Waals surface area contributed by atoms with Gasteiger partial charge in [0, 0.05) is 16.5 Å².